The Morgan fingerprint density at radius 2 is 1.74 bits per heavy atom. The van der Waals surface area contributed by atoms with Crippen LogP contribution in [-0.2, 0) is 9.59 Å². The van der Waals surface area contributed by atoms with Gasteiger partial charge in [0.25, 0.3) is 11.5 Å². The van der Waals surface area contributed by atoms with E-state index in [1.807, 2.05) is 0 Å². The third-order valence-corrected chi connectivity index (χ3v) is 6.55. The number of aliphatic carboxylic acids is 1. The maximum Gasteiger partial charge on any atom is 0.291 e. The summed E-state index contributed by atoms with van der Waals surface area (Å²) in [5.41, 5.74) is 0.966. The molecule has 12 heteroatoms. The van der Waals surface area contributed by atoms with Crippen LogP contribution in [0.5, 0.6) is 17.2 Å². The molecule has 0 N–H and O–H groups in total. The molecule has 1 aliphatic heterocycles. The average molecular weight is 493 g/mol. The second-order valence-corrected chi connectivity index (χ2v) is 8.41. The number of nitrogens with zero attached hydrogens (tertiary/aromatic N) is 4. The van der Waals surface area contributed by atoms with E-state index in [-0.39, 0.29) is 20.9 Å². The summed E-state index contributed by atoms with van der Waals surface area (Å²) in [5, 5.41) is 15.5. The molecule has 35 heavy (non-hydrogen) atoms. The smallest absolute Gasteiger partial charge is 0.291 e. The largest absolute Gasteiger partial charge is 0.548 e. The van der Waals surface area contributed by atoms with Crippen molar-refractivity contribution < 1.29 is 28.9 Å². The summed E-state index contributed by atoms with van der Waals surface area (Å²) in [6.07, 6.45) is 0. The van der Waals surface area contributed by atoms with E-state index in [4.69, 9.17) is 14.2 Å². The monoisotopic (exact) mass is 493 g/mol. The Hall–Kier alpha value is -4.45. The molecular formula is C23H17N4O7S-. The summed E-state index contributed by atoms with van der Waals surface area (Å²) in [4.78, 5) is 43.4. The van der Waals surface area contributed by atoms with E-state index in [1.165, 1.54) is 21.3 Å². The minimum Gasteiger partial charge on any atom is -0.548 e. The van der Waals surface area contributed by atoms with Crippen LogP contribution >= 0.6 is 11.3 Å². The zero-order valence-electron chi connectivity index (χ0n) is 18.7. The molecule has 2 aromatic carbocycles. The fourth-order valence-electron chi connectivity index (χ4n) is 4.00. The van der Waals surface area contributed by atoms with E-state index < -0.39 is 24.0 Å². The normalized spacial score (nSPS) is 14.4. The van der Waals surface area contributed by atoms with Crippen LogP contribution in [0.15, 0.2) is 41.2 Å². The van der Waals surface area contributed by atoms with Crippen LogP contribution in [0.3, 0.4) is 0 Å². The maximum absolute atomic E-state index is 13.3. The van der Waals surface area contributed by atoms with Crippen molar-refractivity contribution in [2.45, 2.75) is 0 Å². The maximum atomic E-state index is 13.3. The second-order valence-electron chi connectivity index (χ2n) is 7.44. The first-order valence-electron chi connectivity index (χ1n) is 10.2. The number of benzene rings is 2. The number of carboxylic acid groups (broad SMARTS) is 1. The summed E-state index contributed by atoms with van der Waals surface area (Å²) >= 11 is 0.995. The molecule has 1 aliphatic rings. The fourth-order valence-corrected chi connectivity index (χ4v) is 5.00. The quantitative estimate of drug-likeness (QED) is 0.359. The van der Waals surface area contributed by atoms with Gasteiger partial charge in [-0.3, -0.25) is 9.59 Å². The summed E-state index contributed by atoms with van der Waals surface area (Å²) < 4.78 is 17.3. The molecule has 0 atom stereocenters. The molecule has 2 aromatic heterocycles. The zero-order valence-corrected chi connectivity index (χ0v) is 19.5. The number of anilines is 1. The molecule has 4 aromatic rings. The molecule has 3 heterocycles. The number of carbonyl (C=O) groups excluding carboxylic acids is 2. The molecule has 11 nitrogen and oxygen atoms in total. The first kappa shape index (κ1) is 22.3. The SMILES string of the molecule is COc1cc(-c2nc3s/c(=C4\C(=O)N(CC(=O)[O-])c5ccccc54)c(=O)n3n2)cc(OC)c1OC. The number of carboxylic acids is 1. The third kappa shape index (κ3) is 3.46. The minimum atomic E-state index is -1.41. The highest BCUT2D eigenvalue weighted by Crippen LogP contribution is 2.40. The lowest BCUT2D eigenvalue weighted by Gasteiger charge is -2.17. The number of fused-ring (bicyclic) bond motifs is 2. The molecule has 0 bridgehead atoms. The molecule has 1 amide bonds. The van der Waals surface area contributed by atoms with Gasteiger partial charge in [-0.15, -0.1) is 5.10 Å². The Morgan fingerprint density at radius 1 is 1.06 bits per heavy atom. The van der Waals surface area contributed by atoms with Gasteiger partial charge in [0.1, 0.15) is 4.53 Å². The second kappa shape index (κ2) is 8.40. The molecule has 0 spiro atoms. The van der Waals surface area contributed by atoms with Gasteiger partial charge in [-0.05, 0) is 18.2 Å². The molecule has 0 saturated carbocycles. The van der Waals surface area contributed by atoms with E-state index in [0.29, 0.717) is 34.1 Å². The van der Waals surface area contributed by atoms with Gasteiger partial charge >= 0.3 is 0 Å². The van der Waals surface area contributed by atoms with Gasteiger partial charge in [-0.1, -0.05) is 29.5 Å². The van der Waals surface area contributed by atoms with Crippen molar-refractivity contribution in [3.05, 3.63) is 56.8 Å². The van der Waals surface area contributed by atoms with Gasteiger partial charge in [0.15, 0.2) is 17.3 Å². The predicted octanol–water partition coefficient (Wildman–Crippen LogP) is -0.142. The Balaban J connectivity index is 1.68. The third-order valence-electron chi connectivity index (χ3n) is 5.52. The average Bonchev–Trinajstić information content (AvgIpc) is 3.49. The van der Waals surface area contributed by atoms with Gasteiger partial charge in [0.2, 0.25) is 10.7 Å². The number of amides is 1. The number of hydrogen-bond acceptors (Lipinski definition) is 10. The summed E-state index contributed by atoms with van der Waals surface area (Å²) in [6.45, 7) is -0.625. The van der Waals surface area contributed by atoms with Crippen LogP contribution in [0.25, 0.3) is 21.9 Å². The van der Waals surface area contributed by atoms with E-state index in [0.717, 1.165) is 20.8 Å². The summed E-state index contributed by atoms with van der Waals surface area (Å²) in [6, 6.07) is 9.99. The first-order chi connectivity index (χ1) is 16.9. The number of methoxy groups -OCH3 is 3. The highest BCUT2D eigenvalue weighted by atomic mass is 32.1. The molecule has 0 radical (unpaired) electrons. The number of rotatable bonds is 6. The molecule has 0 fully saturated rings. The number of hydrogen-bond donors (Lipinski definition) is 0. The fraction of sp³-hybridized carbons (Fsp3) is 0.174. The molecule has 178 valence electrons. The van der Waals surface area contributed by atoms with Gasteiger partial charge in [0, 0.05) is 11.1 Å². The highest BCUT2D eigenvalue weighted by molar-refractivity contribution is 7.15. The Morgan fingerprint density at radius 3 is 2.34 bits per heavy atom. The molecule has 0 saturated heterocycles. The van der Waals surface area contributed by atoms with Crippen molar-refractivity contribution in [1.82, 2.24) is 14.6 Å². The Bertz CT molecular complexity index is 1600. The van der Waals surface area contributed by atoms with Crippen molar-refractivity contribution in [1.29, 1.82) is 0 Å². The van der Waals surface area contributed by atoms with Crippen LogP contribution in [0.1, 0.15) is 5.56 Å². The molecular weight excluding hydrogens is 476 g/mol. The lowest BCUT2D eigenvalue weighted by atomic mass is 10.1. The molecule has 5 rings (SSSR count). The van der Waals surface area contributed by atoms with Crippen molar-refractivity contribution in [3.63, 3.8) is 0 Å². The summed E-state index contributed by atoms with van der Waals surface area (Å²) in [7, 11) is 4.46. The standard InChI is InChI=1S/C23H18N4O7S/c1-32-14-8-11(9-15(33-2)18(14)34-3)20-24-23-27(25-20)22(31)19(35-23)17-12-6-4-5-7-13(12)26(21(17)30)10-16(28)29/h4-9H,10H2,1-3H3,(H,28,29)/p-1/b19-17-. The summed E-state index contributed by atoms with van der Waals surface area (Å²) in [5.74, 6) is -0.542. The van der Waals surface area contributed by atoms with Crippen LogP contribution in [0.4, 0.5) is 5.69 Å². The van der Waals surface area contributed by atoms with Gasteiger partial charge in [-0.2, -0.15) is 9.50 Å². The number of carbonyl (C=O) groups is 2. The molecule has 0 unspecified atom stereocenters. The number of para-hydroxylation sites is 1. The van der Waals surface area contributed by atoms with E-state index in [1.54, 1.807) is 36.4 Å². The van der Waals surface area contributed by atoms with Crippen LogP contribution < -0.4 is 34.3 Å². The Labute approximate surface area is 201 Å². The van der Waals surface area contributed by atoms with Crippen molar-refractivity contribution in [3.8, 4) is 28.6 Å². The highest BCUT2D eigenvalue weighted by Gasteiger charge is 2.34. The van der Waals surface area contributed by atoms with Crippen LogP contribution in [0.2, 0.25) is 0 Å². The first-order valence-corrected chi connectivity index (χ1v) is 11.0. The van der Waals surface area contributed by atoms with E-state index in [9.17, 15) is 19.5 Å². The van der Waals surface area contributed by atoms with Gasteiger partial charge < -0.3 is 29.0 Å². The lowest BCUT2D eigenvalue weighted by Crippen LogP contribution is -2.40. The number of aromatic nitrogens is 3. The van der Waals surface area contributed by atoms with E-state index in [2.05, 4.69) is 10.1 Å². The zero-order chi connectivity index (χ0) is 24.9. The Kier molecular flexibility index (Phi) is 5.36. The van der Waals surface area contributed by atoms with E-state index >= 15 is 0 Å². The predicted molar refractivity (Wildman–Crippen MR) is 124 cm³/mol. The van der Waals surface area contributed by atoms with Crippen molar-refractivity contribution in [2.24, 2.45) is 0 Å². The lowest BCUT2D eigenvalue weighted by molar-refractivity contribution is -0.303. The van der Waals surface area contributed by atoms with Gasteiger partial charge in [0.05, 0.1) is 45.1 Å². The minimum absolute atomic E-state index is 0.110. The van der Waals surface area contributed by atoms with Crippen molar-refractivity contribution in [2.75, 3.05) is 32.8 Å². The topological polar surface area (TPSA) is 135 Å². The molecule has 0 aliphatic carbocycles. The number of ether oxygens (including phenoxy) is 3. The van der Waals surface area contributed by atoms with Crippen molar-refractivity contribution >= 4 is 39.4 Å². The van der Waals surface area contributed by atoms with Crippen LogP contribution in [0, 0.1) is 0 Å². The van der Waals surface area contributed by atoms with Gasteiger partial charge in [-0.25, -0.2) is 0 Å². The van der Waals surface area contributed by atoms with Crippen LogP contribution in [-0.4, -0.2) is 54.3 Å². The number of thiazole rings is 1.